The SMILES string of the molecule is CCOC(=O)C(c1ccccc1)c1ccc(C(C)(C)C)cc1. The van der Waals surface area contributed by atoms with Crippen molar-refractivity contribution in [2.75, 3.05) is 6.61 Å². The Morgan fingerprint density at radius 3 is 2.00 bits per heavy atom. The fourth-order valence-electron chi connectivity index (χ4n) is 2.51. The second kappa shape index (κ2) is 6.78. The Bertz CT molecular complexity index is 606. The minimum absolute atomic E-state index is 0.102. The average Bonchev–Trinajstić information content (AvgIpc) is 2.48. The number of benzene rings is 2. The molecule has 0 aliphatic rings. The van der Waals surface area contributed by atoms with E-state index in [0.29, 0.717) is 6.61 Å². The zero-order valence-electron chi connectivity index (χ0n) is 13.8. The van der Waals surface area contributed by atoms with Crippen LogP contribution in [0.5, 0.6) is 0 Å². The molecule has 0 bridgehead atoms. The lowest BCUT2D eigenvalue weighted by molar-refractivity contribution is -0.143. The summed E-state index contributed by atoms with van der Waals surface area (Å²) in [5.74, 6) is -0.563. The van der Waals surface area contributed by atoms with Gasteiger partial charge in [-0.25, -0.2) is 0 Å². The van der Waals surface area contributed by atoms with Gasteiger partial charge in [-0.3, -0.25) is 4.79 Å². The molecule has 2 aromatic rings. The first-order valence-electron chi connectivity index (χ1n) is 7.75. The molecule has 0 radical (unpaired) electrons. The monoisotopic (exact) mass is 296 g/mol. The molecule has 0 aliphatic carbocycles. The zero-order chi connectivity index (χ0) is 16.2. The summed E-state index contributed by atoms with van der Waals surface area (Å²) in [4.78, 5) is 12.4. The Labute approximate surface area is 133 Å². The van der Waals surface area contributed by atoms with Crippen LogP contribution in [0.25, 0.3) is 0 Å². The standard InChI is InChI=1S/C20H24O2/c1-5-22-19(21)18(15-9-7-6-8-10-15)16-11-13-17(14-12-16)20(2,3)4/h6-14,18H,5H2,1-4H3. The van der Waals surface area contributed by atoms with Gasteiger partial charge in [0.2, 0.25) is 0 Å². The largest absolute Gasteiger partial charge is 0.465 e. The van der Waals surface area contributed by atoms with E-state index in [9.17, 15) is 4.79 Å². The van der Waals surface area contributed by atoms with Gasteiger partial charge < -0.3 is 4.74 Å². The molecule has 2 rings (SSSR count). The van der Waals surface area contributed by atoms with Crippen LogP contribution in [0, 0.1) is 0 Å². The maximum absolute atomic E-state index is 12.4. The lowest BCUT2D eigenvalue weighted by atomic mass is 9.84. The number of rotatable bonds is 4. The quantitative estimate of drug-likeness (QED) is 0.766. The van der Waals surface area contributed by atoms with Crippen molar-refractivity contribution in [3.63, 3.8) is 0 Å². The fourth-order valence-corrected chi connectivity index (χ4v) is 2.51. The van der Waals surface area contributed by atoms with Crippen molar-refractivity contribution >= 4 is 5.97 Å². The molecule has 0 saturated heterocycles. The van der Waals surface area contributed by atoms with E-state index in [1.54, 1.807) is 0 Å². The minimum Gasteiger partial charge on any atom is -0.465 e. The van der Waals surface area contributed by atoms with Crippen molar-refractivity contribution in [2.24, 2.45) is 0 Å². The number of esters is 1. The maximum Gasteiger partial charge on any atom is 0.317 e. The van der Waals surface area contributed by atoms with E-state index < -0.39 is 0 Å². The Morgan fingerprint density at radius 2 is 1.50 bits per heavy atom. The van der Waals surface area contributed by atoms with Crippen molar-refractivity contribution in [3.8, 4) is 0 Å². The third-order valence-electron chi connectivity index (χ3n) is 3.77. The topological polar surface area (TPSA) is 26.3 Å². The van der Waals surface area contributed by atoms with Gasteiger partial charge in [-0.2, -0.15) is 0 Å². The number of carbonyl (C=O) groups is 1. The molecule has 0 N–H and O–H groups in total. The summed E-state index contributed by atoms with van der Waals surface area (Å²) in [6, 6.07) is 18.1. The Balaban J connectivity index is 2.39. The highest BCUT2D eigenvalue weighted by molar-refractivity contribution is 5.82. The highest BCUT2D eigenvalue weighted by Crippen LogP contribution is 2.29. The summed E-state index contributed by atoms with van der Waals surface area (Å²) in [7, 11) is 0. The number of ether oxygens (including phenoxy) is 1. The van der Waals surface area contributed by atoms with Crippen LogP contribution in [0.15, 0.2) is 54.6 Å². The molecule has 1 atom stereocenters. The van der Waals surface area contributed by atoms with Gasteiger partial charge in [0.15, 0.2) is 0 Å². The maximum atomic E-state index is 12.4. The first-order valence-corrected chi connectivity index (χ1v) is 7.75. The second-order valence-corrected chi connectivity index (χ2v) is 6.47. The first-order chi connectivity index (χ1) is 10.4. The molecule has 0 spiro atoms. The van der Waals surface area contributed by atoms with Crippen LogP contribution in [-0.4, -0.2) is 12.6 Å². The van der Waals surface area contributed by atoms with Gasteiger partial charge in [0.25, 0.3) is 0 Å². The molecule has 1 unspecified atom stereocenters. The predicted octanol–water partition coefficient (Wildman–Crippen LogP) is 4.68. The van der Waals surface area contributed by atoms with Crippen LogP contribution in [-0.2, 0) is 14.9 Å². The summed E-state index contributed by atoms with van der Waals surface area (Å²) in [5.41, 5.74) is 3.29. The third kappa shape index (κ3) is 3.76. The lowest BCUT2D eigenvalue weighted by Gasteiger charge is -2.21. The zero-order valence-corrected chi connectivity index (χ0v) is 13.8. The molecule has 0 amide bonds. The van der Waals surface area contributed by atoms with E-state index >= 15 is 0 Å². The molecule has 2 nitrogen and oxygen atoms in total. The van der Waals surface area contributed by atoms with Gasteiger partial charge in [-0.1, -0.05) is 75.4 Å². The molecule has 22 heavy (non-hydrogen) atoms. The summed E-state index contributed by atoms with van der Waals surface area (Å²) in [5, 5.41) is 0. The molecule has 0 heterocycles. The van der Waals surface area contributed by atoms with Crippen LogP contribution in [0.1, 0.15) is 50.3 Å². The second-order valence-electron chi connectivity index (χ2n) is 6.47. The number of hydrogen-bond acceptors (Lipinski definition) is 2. The Morgan fingerprint density at radius 1 is 0.955 bits per heavy atom. The van der Waals surface area contributed by atoms with Crippen LogP contribution in [0.4, 0.5) is 0 Å². The normalized spacial score (nSPS) is 12.7. The summed E-state index contributed by atoms with van der Waals surface area (Å²) < 4.78 is 5.27. The molecule has 2 aromatic carbocycles. The molecule has 0 fully saturated rings. The molecule has 2 heteroatoms. The summed E-state index contributed by atoms with van der Waals surface area (Å²) >= 11 is 0. The Kier molecular flexibility index (Phi) is 5.02. The van der Waals surface area contributed by atoms with Gasteiger partial charge in [0.05, 0.1) is 6.61 Å². The lowest BCUT2D eigenvalue weighted by Crippen LogP contribution is -2.18. The van der Waals surface area contributed by atoms with Gasteiger partial charge in [0.1, 0.15) is 5.92 Å². The van der Waals surface area contributed by atoms with Crippen molar-refractivity contribution in [3.05, 3.63) is 71.3 Å². The highest BCUT2D eigenvalue weighted by Gasteiger charge is 2.24. The van der Waals surface area contributed by atoms with Crippen LogP contribution >= 0.6 is 0 Å². The molecular formula is C20H24O2. The molecule has 0 saturated carbocycles. The van der Waals surface area contributed by atoms with Gasteiger partial charge in [-0.05, 0) is 29.0 Å². The van der Waals surface area contributed by atoms with E-state index in [1.807, 2.05) is 49.4 Å². The van der Waals surface area contributed by atoms with Crippen molar-refractivity contribution < 1.29 is 9.53 Å². The van der Waals surface area contributed by atoms with Gasteiger partial charge in [0, 0.05) is 0 Å². The van der Waals surface area contributed by atoms with Crippen molar-refractivity contribution in [1.82, 2.24) is 0 Å². The molecule has 116 valence electrons. The van der Waals surface area contributed by atoms with Crippen molar-refractivity contribution in [1.29, 1.82) is 0 Å². The molecule has 0 aliphatic heterocycles. The van der Waals surface area contributed by atoms with Crippen LogP contribution in [0.3, 0.4) is 0 Å². The van der Waals surface area contributed by atoms with E-state index in [4.69, 9.17) is 4.74 Å². The average molecular weight is 296 g/mol. The number of hydrogen-bond donors (Lipinski definition) is 0. The molecule has 0 aromatic heterocycles. The fraction of sp³-hybridized carbons (Fsp3) is 0.350. The van der Waals surface area contributed by atoms with Crippen molar-refractivity contribution in [2.45, 2.75) is 39.0 Å². The highest BCUT2D eigenvalue weighted by atomic mass is 16.5. The smallest absolute Gasteiger partial charge is 0.317 e. The summed E-state index contributed by atoms with van der Waals surface area (Å²) in [6.45, 7) is 8.77. The van der Waals surface area contributed by atoms with Crippen LogP contribution < -0.4 is 0 Å². The van der Waals surface area contributed by atoms with E-state index in [2.05, 4.69) is 32.9 Å². The predicted molar refractivity (Wildman–Crippen MR) is 90.1 cm³/mol. The van der Waals surface area contributed by atoms with Gasteiger partial charge in [-0.15, -0.1) is 0 Å². The number of carbonyl (C=O) groups excluding carboxylic acids is 1. The van der Waals surface area contributed by atoms with Crippen LogP contribution in [0.2, 0.25) is 0 Å². The summed E-state index contributed by atoms with van der Waals surface area (Å²) in [6.07, 6.45) is 0. The third-order valence-corrected chi connectivity index (χ3v) is 3.77. The van der Waals surface area contributed by atoms with E-state index in [0.717, 1.165) is 11.1 Å². The minimum atomic E-state index is -0.366. The van der Waals surface area contributed by atoms with E-state index in [1.165, 1.54) is 5.56 Å². The Hall–Kier alpha value is -2.09. The first kappa shape index (κ1) is 16.3. The van der Waals surface area contributed by atoms with E-state index in [-0.39, 0.29) is 17.3 Å². The molecular weight excluding hydrogens is 272 g/mol. The van der Waals surface area contributed by atoms with Gasteiger partial charge >= 0.3 is 5.97 Å².